The van der Waals surface area contributed by atoms with E-state index < -0.39 is 0 Å². The first kappa shape index (κ1) is 10.5. The second kappa shape index (κ2) is 4.21. The van der Waals surface area contributed by atoms with Crippen LogP contribution < -0.4 is 0 Å². The summed E-state index contributed by atoms with van der Waals surface area (Å²) in [6, 6.07) is 10.3. The number of aromatic nitrogens is 1. The molecule has 1 heterocycles. The molecular formula is C12H7ClN2O. The normalized spacial score (nSPS) is 9.75. The lowest BCUT2D eigenvalue weighted by Crippen LogP contribution is -1.88. The minimum atomic E-state index is 0.183. The summed E-state index contributed by atoms with van der Waals surface area (Å²) in [5, 5.41) is 18.4. The molecule has 0 atom stereocenters. The lowest BCUT2D eigenvalue weighted by molar-refractivity contribution is 0.475. The van der Waals surface area contributed by atoms with Crippen molar-refractivity contribution < 1.29 is 5.11 Å². The summed E-state index contributed by atoms with van der Waals surface area (Å²) >= 11 is 5.83. The minimum Gasteiger partial charge on any atom is -0.508 e. The third-order valence-corrected chi connectivity index (χ3v) is 2.48. The number of benzene rings is 1. The number of hydrogen-bond donors (Lipinski definition) is 1. The number of nitriles is 1. The molecule has 2 rings (SSSR count). The van der Waals surface area contributed by atoms with Crippen molar-refractivity contribution in [1.82, 2.24) is 4.98 Å². The zero-order valence-corrected chi connectivity index (χ0v) is 8.94. The monoisotopic (exact) mass is 230 g/mol. The van der Waals surface area contributed by atoms with Gasteiger partial charge in [-0.25, -0.2) is 4.98 Å². The van der Waals surface area contributed by atoms with Gasteiger partial charge in [0.1, 0.15) is 17.0 Å². The Morgan fingerprint density at radius 3 is 2.50 bits per heavy atom. The number of phenolic OH excluding ortho intramolecular Hbond substituents is 1. The Kier molecular flexibility index (Phi) is 2.76. The summed E-state index contributed by atoms with van der Waals surface area (Å²) in [6.45, 7) is 0. The van der Waals surface area contributed by atoms with Crippen LogP contribution in [-0.4, -0.2) is 10.1 Å². The fraction of sp³-hybridized carbons (Fsp3) is 0. The first-order valence-electron chi connectivity index (χ1n) is 4.56. The number of phenols is 1. The van der Waals surface area contributed by atoms with Gasteiger partial charge in [-0.2, -0.15) is 5.26 Å². The van der Waals surface area contributed by atoms with E-state index in [-0.39, 0.29) is 10.9 Å². The molecule has 1 aromatic carbocycles. The molecule has 0 saturated heterocycles. The summed E-state index contributed by atoms with van der Waals surface area (Å²) in [7, 11) is 0. The number of aromatic hydroxyl groups is 1. The Bertz CT molecular complexity index is 558. The molecule has 0 spiro atoms. The van der Waals surface area contributed by atoms with Crippen LogP contribution in [0.15, 0.2) is 36.5 Å². The SMILES string of the molecule is N#Cc1c(-c2ccc(O)cc2)ccnc1Cl. The van der Waals surface area contributed by atoms with Gasteiger partial charge in [0, 0.05) is 11.8 Å². The minimum absolute atomic E-state index is 0.183. The van der Waals surface area contributed by atoms with Gasteiger partial charge in [-0.1, -0.05) is 23.7 Å². The van der Waals surface area contributed by atoms with Gasteiger partial charge >= 0.3 is 0 Å². The van der Waals surface area contributed by atoms with Gasteiger partial charge in [0.15, 0.2) is 0 Å². The Morgan fingerprint density at radius 1 is 1.19 bits per heavy atom. The average molecular weight is 231 g/mol. The van der Waals surface area contributed by atoms with E-state index in [2.05, 4.69) is 4.98 Å². The summed E-state index contributed by atoms with van der Waals surface area (Å²) < 4.78 is 0. The summed E-state index contributed by atoms with van der Waals surface area (Å²) in [5.74, 6) is 0.183. The van der Waals surface area contributed by atoms with Crippen LogP contribution in [-0.2, 0) is 0 Å². The molecule has 16 heavy (non-hydrogen) atoms. The standard InChI is InChI=1S/C12H7ClN2O/c13-12-11(7-14)10(5-6-15-12)8-1-3-9(16)4-2-8/h1-6,16H. The van der Waals surface area contributed by atoms with E-state index in [4.69, 9.17) is 16.9 Å². The molecular weight excluding hydrogens is 224 g/mol. The third-order valence-electron chi connectivity index (χ3n) is 2.19. The van der Waals surface area contributed by atoms with Crippen LogP contribution in [0, 0.1) is 11.3 Å². The van der Waals surface area contributed by atoms with E-state index in [1.54, 1.807) is 36.5 Å². The Morgan fingerprint density at radius 2 is 1.88 bits per heavy atom. The van der Waals surface area contributed by atoms with Crippen molar-refractivity contribution in [1.29, 1.82) is 5.26 Å². The Hall–Kier alpha value is -2.05. The number of rotatable bonds is 1. The highest BCUT2D eigenvalue weighted by Crippen LogP contribution is 2.27. The zero-order chi connectivity index (χ0) is 11.5. The van der Waals surface area contributed by atoms with Crippen molar-refractivity contribution in [2.45, 2.75) is 0 Å². The topological polar surface area (TPSA) is 56.9 Å². The summed E-state index contributed by atoms with van der Waals surface area (Å²) in [6.07, 6.45) is 1.55. The maximum atomic E-state index is 9.18. The first-order valence-corrected chi connectivity index (χ1v) is 4.94. The molecule has 3 nitrogen and oxygen atoms in total. The molecule has 1 N–H and O–H groups in total. The predicted octanol–water partition coefficient (Wildman–Crippen LogP) is 2.98. The van der Waals surface area contributed by atoms with Gasteiger partial charge in [0.05, 0.1) is 5.56 Å². The fourth-order valence-corrected chi connectivity index (χ4v) is 1.62. The molecule has 0 fully saturated rings. The molecule has 2 aromatic rings. The Balaban J connectivity index is 2.61. The largest absolute Gasteiger partial charge is 0.508 e. The van der Waals surface area contributed by atoms with E-state index in [1.165, 1.54) is 0 Å². The van der Waals surface area contributed by atoms with Crippen molar-refractivity contribution in [3.63, 3.8) is 0 Å². The maximum absolute atomic E-state index is 9.18. The van der Waals surface area contributed by atoms with E-state index >= 15 is 0 Å². The van der Waals surface area contributed by atoms with Crippen LogP contribution in [0.5, 0.6) is 5.75 Å². The number of pyridine rings is 1. The quantitative estimate of drug-likeness (QED) is 0.767. The molecule has 0 aliphatic heterocycles. The number of hydrogen-bond acceptors (Lipinski definition) is 3. The molecule has 0 saturated carbocycles. The van der Waals surface area contributed by atoms with E-state index in [0.29, 0.717) is 11.1 Å². The predicted molar refractivity (Wildman–Crippen MR) is 61.1 cm³/mol. The molecule has 78 valence electrons. The highest BCUT2D eigenvalue weighted by atomic mass is 35.5. The first-order chi connectivity index (χ1) is 7.72. The van der Waals surface area contributed by atoms with Crippen molar-refractivity contribution in [2.75, 3.05) is 0 Å². The molecule has 1 aromatic heterocycles. The van der Waals surface area contributed by atoms with Gasteiger partial charge in [0.25, 0.3) is 0 Å². The molecule has 0 bridgehead atoms. The Labute approximate surface area is 97.6 Å². The van der Waals surface area contributed by atoms with Gasteiger partial charge in [0.2, 0.25) is 0 Å². The summed E-state index contributed by atoms with van der Waals surface area (Å²) in [5.41, 5.74) is 1.87. The summed E-state index contributed by atoms with van der Waals surface area (Å²) in [4.78, 5) is 3.85. The van der Waals surface area contributed by atoms with Crippen LogP contribution in [0.2, 0.25) is 5.15 Å². The van der Waals surface area contributed by atoms with Crippen LogP contribution in [0.3, 0.4) is 0 Å². The molecule has 0 aliphatic carbocycles. The maximum Gasteiger partial charge on any atom is 0.147 e. The zero-order valence-electron chi connectivity index (χ0n) is 8.18. The van der Waals surface area contributed by atoms with Crippen LogP contribution in [0.25, 0.3) is 11.1 Å². The number of halogens is 1. The van der Waals surface area contributed by atoms with Crippen molar-refractivity contribution >= 4 is 11.6 Å². The third kappa shape index (κ3) is 1.83. The second-order valence-corrected chi connectivity index (χ2v) is 3.54. The van der Waals surface area contributed by atoms with Crippen LogP contribution in [0.1, 0.15) is 5.56 Å². The molecule has 0 amide bonds. The lowest BCUT2D eigenvalue weighted by atomic mass is 10.0. The van der Waals surface area contributed by atoms with Crippen molar-refractivity contribution in [3.05, 3.63) is 47.2 Å². The van der Waals surface area contributed by atoms with Gasteiger partial charge in [-0.05, 0) is 23.8 Å². The highest BCUT2D eigenvalue weighted by molar-refractivity contribution is 6.30. The van der Waals surface area contributed by atoms with Crippen molar-refractivity contribution in [3.8, 4) is 22.9 Å². The molecule has 0 unspecified atom stereocenters. The molecule has 0 radical (unpaired) electrons. The van der Waals surface area contributed by atoms with Gasteiger partial charge < -0.3 is 5.11 Å². The van der Waals surface area contributed by atoms with E-state index in [1.807, 2.05) is 6.07 Å². The second-order valence-electron chi connectivity index (χ2n) is 3.18. The van der Waals surface area contributed by atoms with Crippen LogP contribution in [0.4, 0.5) is 0 Å². The molecule has 4 heteroatoms. The smallest absolute Gasteiger partial charge is 0.147 e. The van der Waals surface area contributed by atoms with Gasteiger partial charge in [-0.3, -0.25) is 0 Å². The fourth-order valence-electron chi connectivity index (χ4n) is 1.42. The number of nitrogens with zero attached hydrogens (tertiary/aromatic N) is 2. The van der Waals surface area contributed by atoms with Gasteiger partial charge in [-0.15, -0.1) is 0 Å². The van der Waals surface area contributed by atoms with Crippen molar-refractivity contribution in [2.24, 2.45) is 0 Å². The van der Waals surface area contributed by atoms with Crippen LogP contribution >= 0.6 is 11.6 Å². The highest BCUT2D eigenvalue weighted by Gasteiger charge is 2.09. The van der Waals surface area contributed by atoms with E-state index in [9.17, 15) is 5.11 Å². The molecule has 0 aliphatic rings. The lowest BCUT2D eigenvalue weighted by Gasteiger charge is -2.04. The average Bonchev–Trinajstić information content (AvgIpc) is 2.30. The van der Waals surface area contributed by atoms with E-state index in [0.717, 1.165) is 5.56 Å².